The van der Waals surface area contributed by atoms with Crippen LogP contribution in [0.3, 0.4) is 0 Å². The maximum atomic E-state index is 13.5. The van der Waals surface area contributed by atoms with Crippen LogP contribution in [-0.4, -0.2) is 177 Å². The standard InChI is InChI=1S/C30H26Cl2N4O3.C24H27ClN2O3S.C21H20BrN7.C19H19BrN4OS2/c31-21-4-9-24(10-5-21)39-30(37)36-15-12-25-26-18-22(32)6-11-27(26)34-28(25)29(36)20-2-7-23(8-3-20)38-17-1-14-35-16-13-33-19-35;1-3-12-30-24(31)27-11-10-19-20-15-17(25)6-9-21(20)26-22(19)23(27)16-4-7-18(8-5-16)29-14-13-28-2;1-28(2)20-25-11-13(12-26-20)19-18-15(16-10-14(22)4-5-17(16)27-18)6-9-29(19)21-23-7-3-8-24-21;1-3-25-19(26)24-7-6-13-14-8-12(20)4-5-15(14)23-16(13)17(24)11-9-21-18(27-2)22-10-11/h2-11,13,16,18-19,29,34H,1,12,14-15,17H2;4-9,15,23,26H,3,10-14H2,1-2H3;3-5,7-8,10-12,19,27H,6,9H2,1-2H3;4-5,8-10,17,23H,3,6-7H2,1-2H3. The lowest BCUT2D eigenvalue weighted by molar-refractivity contribution is 0.135. The molecule has 4 N–H and O–H groups in total. The highest BCUT2D eigenvalue weighted by Gasteiger charge is 2.40. The van der Waals surface area contributed by atoms with E-state index < -0.39 is 6.09 Å². The monoisotopic (exact) mass is 1930 g/mol. The lowest BCUT2D eigenvalue weighted by Gasteiger charge is -2.37. The molecule has 4 aliphatic heterocycles. The van der Waals surface area contributed by atoms with Crippen molar-refractivity contribution in [1.82, 2.24) is 74.1 Å². The molecule has 0 saturated heterocycles. The number of rotatable bonds is 20. The van der Waals surface area contributed by atoms with Crippen LogP contribution >= 0.6 is 103 Å². The molecule has 1 amide bonds. The number of fused-ring (bicyclic) bond motifs is 12. The highest BCUT2D eigenvalue weighted by atomic mass is 79.9. The SMILES string of the molecule is CCCOC(=S)N1CCc2c([nH]c3ccc(Cl)cc23)C1c1ccc(OCCOC)cc1.CCOC(=S)N1CCc2c([nH]c3ccc(Br)cc23)C1c1cnc(SC)nc1.CN(C)c1ncc(C2c3[nH]c4ccc(Br)cc4c3CCN2c2ncccn2)cn1.O=C(Oc1ccc(Cl)cc1)N1CCc2c([nH]c3ccc(Cl)cc23)C1c1ccc(OCCCn2ccnc2)cc1. The number of hydrogen-bond acceptors (Lipinski definition) is 19. The molecule has 0 radical (unpaired) electrons. The van der Waals surface area contributed by atoms with E-state index in [-0.39, 0.29) is 24.2 Å². The van der Waals surface area contributed by atoms with Crippen molar-refractivity contribution in [3.63, 3.8) is 0 Å². The molecule has 8 aromatic heterocycles. The van der Waals surface area contributed by atoms with E-state index in [4.69, 9.17) is 87.7 Å². The number of carbonyl (C=O) groups excluding carboxylic acids is 1. The molecular weight excluding hydrogens is 1840 g/mol. The molecule has 4 aliphatic rings. The first-order valence-electron chi connectivity index (χ1n) is 41.5. The number of thioether (sulfide) groups is 1. The van der Waals surface area contributed by atoms with Gasteiger partial charge in [-0.25, -0.2) is 39.7 Å². The van der Waals surface area contributed by atoms with Crippen LogP contribution < -0.4 is 24.0 Å². The van der Waals surface area contributed by atoms with E-state index in [9.17, 15) is 4.79 Å². The topological polar surface area (TPSA) is 247 Å². The van der Waals surface area contributed by atoms with Gasteiger partial charge in [0, 0.05) is 205 Å². The number of H-pyrrole nitrogens is 4. The summed E-state index contributed by atoms with van der Waals surface area (Å²) < 4.78 is 38.2. The summed E-state index contributed by atoms with van der Waals surface area (Å²) in [5.41, 5.74) is 17.9. The van der Waals surface area contributed by atoms with Gasteiger partial charge in [0.05, 0.1) is 38.8 Å². The average molecular weight is 1930 g/mol. The summed E-state index contributed by atoms with van der Waals surface area (Å²) in [5.74, 6) is 3.43. The minimum atomic E-state index is -0.426. The minimum absolute atomic E-state index is 0.0627. The van der Waals surface area contributed by atoms with Gasteiger partial charge in [-0.05, 0) is 237 Å². The van der Waals surface area contributed by atoms with Crippen molar-refractivity contribution in [2.75, 3.05) is 96.5 Å². The number of benzene rings is 7. The number of imidazole rings is 1. The molecule has 24 nitrogen and oxygen atoms in total. The fraction of sp³-hybridized carbons (Fsp3) is 0.277. The molecular formula is C94H92Br2Cl3N17O7S3. The molecule has 648 valence electrons. The Bertz CT molecular complexity index is 6300. The summed E-state index contributed by atoms with van der Waals surface area (Å²) in [4.78, 5) is 69.2. The van der Waals surface area contributed by atoms with E-state index in [1.807, 2.05) is 147 Å². The van der Waals surface area contributed by atoms with Crippen LogP contribution in [0.2, 0.25) is 15.1 Å². The smallest absolute Gasteiger partial charge is 0.416 e. The van der Waals surface area contributed by atoms with Gasteiger partial charge >= 0.3 is 6.09 Å². The Hall–Kier alpha value is -10.9. The van der Waals surface area contributed by atoms with E-state index in [0.29, 0.717) is 84.0 Å². The number of aromatic amines is 4. The number of anilines is 2. The van der Waals surface area contributed by atoms with E-state index in [1.54, 1.807) is 61.2 Å². The van der Waals surface area contributed by atoms with Crippen LogP contribution in [0.15, 0.2) is 222 Å². The zero-order valence-corrected chi connectivity index (χ0v) is 77.9. The maximum Gasteiger partial charge on any atom is 0.416 e. The van der Waals surface area contributed by atoms with Crippen molar-refractivity contribution >= 4 is 175 Å². The number of thiocarbonyl (C=S) groups is 2. The number of methoxy groups -OCH3 is 1. The summed E-state index contributed by atoms with van der Waals surface area (Å²) >= 11 is 38.6. The Morgan fingerprint density at radius 1 is 0.516 bits per heavy atom. The summed E-state index contributed by atoms with van der Waals surface area (Å²) in [6.45, 7) is 10.6. The van der Waals surface area contributed by atoms with Crippen molar-refractivity contribution in [3.8, 4) is 17.2 Å². The van der Waals surface area contributed by atoms with Gasteiger partial charge < -0.3 is 72.5 Å². The first-order chi connectivity index (χ1) is 61.4. The number of halogens is 5. The lowest BCUT2D eigenvalue weighted by atomic mass is 9.92. The van der Waals surface area contributed by atoms with Crippen molar-refractivity contribution in [2.24, 2.45) is 0 Å². The number of amides is 1. The van der Waals surface area contributed by atoms with Gasteiger partial charge in [0.2, 0.25) is 11.9 Å². The summed E-state index contributed by atoms with van der Waals surface area (Å²) in [6.07, 6.45) is 23.4. The molecule has 0 aliphatic carbocycles. The first-order valence-corrected chi connectivity index (χ1v) is 46.3. The van der Waals surface area contributed by atoms with Crippen LogP contribution in [0.1, 0.15) is 118 Å². The summed E-state index contributed by atoms with van der Waals surface area (Å²) in [7, 11) is 5.54. The zero-order chi connectivity index (χ0) is 87.5. The molecule has 0 saturated carbocycles. The first kappa shape index (κ1) is 88.6. The molecule has 32 heteroatoms. The van der Waals surface area contributed by atoms with Crippen molar-refractivity contribution in [2.45, 2.75) is 88.2 Å². The van der Waals surface area contributed by atoms with Crippen LogP contribution in [0.4, 0.5) is 16.7 Å². The molecule has 19 rings (SSSR count). The number of carbonyl (C=O) groups is 1. The average Bonchev–Trinajstić information content (AvgIpc) is 1.60. The molecule has 7 aromatic carbocycles. The Morgan fingerprint density at radius 3 is 1.48 bits per heavy atom. The van der Waals surface area contributed by atoms with Gasteiger partial charge in [-0.2, -0.15) is 0 Å². The third-order valence-electron chi connectivity index (χ3n) is 22.4. The highest BCUT2D eigenvalue weighted by Crippen LogP contribution is 2.46. The largest absolute Gasteiger partial charge is 0.494 e. The maximum absolute atomic E-state index is 13.5. The Labute approximate surface area is 776 Å². The fourth-order valence-electron chi connectivity index (χ4n) is 16.7. The van der Waals surface area contributed by atoms with E-state index >= 15 is 0 Å². The second-order valence-corrected chi connectivity index (χ2v) is 35.2. The highest BCUT2D eigenvalue weighted by molar-refractivity contribution is 9.10. The van der Waals surface area contributed by atoms with Crippen LogP contribution in [0.25, 0.3) is 43.6 Å². The number of nitrogens with one attached hydrogen (secondary N) is 4. The van der Waals surface area contributed by atoms with E-state index in [1.165, 1.54) is 44.6 Å². The van der Waals surface area contributed by atoms with Crippen molar-refractivity contribution < 1.29 is 33.2 Å². The Kier molecular flexibility index (Phi) is 28.7. The van der Waals surface area contributed by atoms with Gasteiger partial charge in [-0.1, -0.05) is 110 Å². The fourth-order valence-corrected chi connectivity index (χ4v) is 18.8. The minimum Gasteiger partial charge on any atom is -0.494 e. The molecule has 15 aromatic rings. The summed E-state index contributed by atoms with van der Waals surface area (Å²) in [6, 6.07) is 48.6. The summed E-state index contributed by atoms with van der Waals surface area (Å²) in [5, 5.41) is 8.56. The molecule has 4 atom stereocenters. The van der Waals surface area contributed by atoms with E-state index in [2.05, 4.69) is 157 Å². The number of ether oxygens (including phenoxy) is 6. The predicted molar refractivity (Wildman–Crippen MR) is 514 cm³/mol. The van der Waals surface area contributed by atoms with Gasteiger partial charge in [0.25, 0.3) is 10.3 Å². The lowest BCUT2D eigenvalue weighted by Crippen LogP contribution is -2.42. The molecule has 0 spiro atoms. The number of aryl methyl sites for hydroxylation is 1. The van der Waals surface area contributed by atoms with Gasteiger partial charge in [0.15, 0.2) is 5.16 Å². The van der Waals surface area contributed by atoms with Crippen LogP contribution in [-0.2, 0) is 46.4 Å². The molecule has 126 heavy (non-hydrogen) atoms. The van der Waals surface area contributed by atoms with Crippen LogP contribution in [0, 0.1) is 0 Å². The third kappa shape index (κ3) is 19.9. The third-order valence-corrected chi connectivity index (χ3v) is 25.4. The van der Waals surface area contributed by atoms with Gasteiger partial charge in [0.1, 0.15) is 42.0 Å². The normalized spacial score (nSPS) is 15.7. The number of hydrogen-bond donors (Lipinski definition) is 4. The van der Waals surface area contributed by atoms with Gasteiger partial charge in [-0.15, -0.1) is 0 Å². The molecule has 0 fully saturated rings. The molecule has 4 unspecified atom stereocenters. The van der Waals surface area contributed by atoms with E-state index in [0.717, 1.165) is 167 Å². The molecule has 12 heterocycles. The second kappa shape index (κ2) is 40.8. The van der Waals surface area contributed by atoms with Gasteiger partial charge in [-0.3, -0.25) is 4.90 Å². The van der Waals surface area contributed by atoms with Crippen LogP contribution in [0.5, 0.6) is 17.2 Å². The van der Waals surface area contributed by atoms with Crippen molar-refractivity contribution in [1.29, 1.82) is 0 Å². The zero-order valence-electron chi connectivity index (χ0n) is 70.0. The predicted octanol–water partition coefficient (Wildman–Crippen LogP) is 21.2. The molecule has 0 bridgehead atoms. The number of aromatic nitrogens is 12. The Morgan fingerprint density at radius 2 is 0.976 bits per heavy atom. The van der Waals surface area contributed by atoms with Crippen molar-refractivity contribution in [3.05, 3.63) is 299 Å². The number of nitrogens with zero attached hydrogens (tertiary/aromatic N) is 13. The quantitative estimate of drug-likeness (QED) is 0.0240. The Balaban J connectivity index is 0.000000125. The second-order valence-electron chi connectivity index (χ2n) is 30.6.